The van der Waals surface area contributed by atoms with Crippen molar-refractivity contribution in [2.75, 3.05) is 13.2 Å². The fraction of sp³-hybridized carbons (Fsp3) is 0.556. The van der Waals surface area contributed by atoms with Gasteiger partial charge in [-0.1, -0.05) is 0 Å². The fourth-order valence-electron chi connectivity index (χ4n) is 3.23. The number of fused-ring (bicyclic) bond motifs is 3. The number of rotatable bonds is 7. The van der Waals surface area contributed by atoms with Crippen LogP contribution in [0.5, 0.6) is 0 Å². The summed E-state index contributed by atoms with van der Waals surface area (Å²) in [5.74, 6) is 0. The summed E-state index contributed by atoms with van der Waals surface area (Å²) in [6, 6.07) is 5.37. The molecule has 6 heteroatoms. The average Bonchev–Trinajstić information content (AvgIpc) is 2.92. The van der Waals surface area contributed by atoms with Gasteiger partial charge in [-0.15, -0.1) is 0 Å². The highest BCUT2D eigenvalue weighted by molar-refractivity contribution is 7.89. The Labute approximate surface area is 143 Å². The third-order valence-electron chi connectivity index (χ3n) is 4.44. The van der Waals surface area contributed by atoms with Crippen LogP contribution < -0.4 is 4.72 Å². The first-order valence-corrected chi connectivity index (χ1v) is 10.2. The van der Waals surface area contributed by atoms with Gasteiger partial charge < -0.3 is 9.72 Å². The van der Waals surface area contributed by atoms with Crippen LogP contribution in [0.1, 0.15) is 44.4 Å². The Bertz CT molecular complexity index is 809. The molecule has 0 atom stereocenters. The maximum Gasteiger partial charge on any atom is 0.240 e. The normalized spacial score (nSPS) is 15.1. The van der Waals surface area contributed by atoms with Gasteiger partial charge in [0.2, 0.25) is 10.0 Å². The molecule has 0 saturated heterocycles. The lowest BCUT2D eigenvalue weighted by Crippen LogP contribution is -2.25. The van der Waals surface area contributed by atoms with E-state index in [0.29, 0.717) is 24.5 Å². The van der Waals surface area contributed by atoms with Gasteiger partial charge in [0.25, 0.3) is 0 Å². The van der Waals surface area contributed by atoms with Gasteiger partial charge in [0.15, 0.2) is 0 Å². The van der Waals surface area contributed by atoms with E-state index in [1.807, 2.05) is 26.0 Å². The van der Waals surface area contributed by atoms with E-state index in [1.54, 1.807) is 6.07 Å². The monoisotopic (exact) mass is 350 g/mol. The Kier molecular flexibility index (Phi) is 5.27. The van der Waals surface area contributed by atoms with E-state index in [-0.39, 0.29) is 6.10 Å². The Morgan fingerprint density at radius 2 is 2.04 bits per heavy atom. The molecular formula is C18H26N2O3S. The second-order valence-electron chi connectivity index (χ2n) is 6.67. The number of aryl methyl sites for hydroxylation is 2. The second-order valence-corrected chi connectivity index (χ2v) is 8.43. The number of ether oxygens (including phenoxy) is 1. The molecule has 2 N–H and O–H groups in total. The number of nitrogens with one attached hydrogen (secondary N) is 2. The molecule has 1 heterocycles. The lowest BCUT2D eigenvalue weighted by atomic mass is 9.96. The number of hydrogen-bond acceptors (Lipinski definition) is 3. The molecule has 5 nitrogen and oxygen atoms in total. The van der Waals surface area contributed by atoms with Gasteiger partial charge in [0, 0.05) is 29.7 Å². The van der Waals surface area contributed by atoms with Crippen LogP contribution in [0.2, 0.25) is 0 Å². The minimum atomic E-state index is -3.48. The molecule has 3 rings (SSSR count). The van der Waals surface area contributed by atoms with E-state index in [1.165, 1.54) is 24.1 Å². The molecule has 0 fully saturated rings. The second kappa shape index (κ2) is 7.25. The van der Waals surface area contributed by atoms with Crippen LogP contribution in [0.15, 0.2) is 23.1 Å². The summed E-state index contributed by atoms with van der Waals surface area (Å²) in [7, 11) is -3.48. The zero-order valence-corrected chi connectivity index (χ0v) is 15.2. The van der Waals surface area contributed by atoms with Gasteiger partial charge in [-0.25, -0.2) is 13.1 Å². The first-order valence-electron chi connectivity index (χ1n) is 8.72. The quantitative estimate of drug-likeness (QED) is 0.754. The van der Waals surface area contributed by atoms with Crippen molar-refractivity contribution in [1.29, 1.82) is 0 Å². The average molecular weight is 350 g/mol. The fourth-order valence-corrected chi connectivity index (χ4v) is 4.33. The molecule has 1 aromatic carbocycles. The number of aromatic nitrogens is 1. The highest BCUT2D eigenvalue weighted by atomic mass is 32.2. The number of aromatic amines is 1. The maximum absolute atomic E-state index is 12.5. The van der Waals surface area contributed by atoms with Gasteiger partial charge >= 0.3 is 0 Å². The molecule has 0 saturated carbocycles. The lowest BCUT2D eigenvalue weighted by molar-refractivity contribution is 0.0778. The van der Waals surface area contributed by atoms with Crippen molar-refractivity contribution in [3.63, 3.8) is 0 Å². The van der Waals surface area contributed by atoms with E-state index in [0.717, 1.165) is 23.7 Å². The summed E-state index contributed by atoms with van der Waals surface area (Å²) in [6.45, 7) is 4.89. The van der Waals surface area contributed by atoms with E-state index in [4.69, 9.17) is 4.74 Å². The number of sulfonamides is 1. The Balaban J connectivity index is 1.73. The van der Waals surface area contributed by atoms with Crippen LogP contribution in [0, 0.1) is 0 Å². The highest BCUT2D eigenvalue weighted by Gasteiger charge is 2.19. The maximum atomic E-state index is 12.5. The van der Waals surface area contributed by atoms with Crippen molar-refractivity contribution < 1.29 is 13.2 Å². The molecule has 24 heavy (non-hydrogen) atoms. The van der Waals surface area contributed by atoms with Crippen LogP contribution >= 0.6 is 0 Å². The molecule has 0 radical (unpaired) electrons. The van der Waals surface area contributed by atoms with Crippen molar-refractivity contribution in [3.8, 4) is 0 Å². The van der Waals surface area contributed by atoms with Crippen LogP contribution in [0.25, 0.3) is 10.9 Å². The first kappa shape index (κ1) is 17.5. The van der Waals surface area contributed by atoms with E-state index in [2.05, 4.69) is 9.71 Å². The molecule has 1 aromatic heterocycles. The largest absolute Gasteiger partial charge is 0.379 e. The van der Waals surface area contributed by atoms with Crippen LogP contribution in [0.3, 0.4) is 0 Å². The number of benzene rings is 1. The molecule has 1 aliphatic carbocycles. The minimum absolute atomic E-state index is 0.170. The molecule has 0 amide bonds. The van der Waals surface area contributed by atoms with Crippen molar-refractivity contribution in [1.82, 2.24) is 9.71 Å². The van der Waals surface area contributed by atoms with Gasteiger partial charge in [0.1, 0.15) is 0 Å². The van der Waals surface area contributed by atoms with Crippen LogP contribution in [-0.2, 0) is 27.6 Å². The zero-order chi connectivity index (χ0) is 17.2. The van der Waals surface area contributed by atoms with Gasteiger partial charge in [-0.2, -0.15) is 0 Å². The third kappa shape index (κ3) is 3.82. The van der Waals surface area contributed by atoms with Crippen LogP contribution in [-0.4, -0.2) is 32.7 Å². The van der Waals surface area contributed by atoms with Crippen molar-refractivity contribution in [3.05, 3.63) is 29.5 Å². The predicted molar refractivity (Wildman–Crippen MR) is 95.8 cm³/mol. The summed E-state index contributed by atoms with van der Waals surface area (Å²) in [5.41, 5.74) is 3.59. The first-order chi connectivity index (χ1) is 11.5. The lowest BCUT2D eigenvalue weighted by Gasteiger charge is -2.11. The predicted octanol–water partition coefficient (Wildman–Crippen LogP) is 3.14. The zero-order valence-electron chi connectivity index (χ0n) is 14.4. The van der Waals surface area contributed by atoms with Gasteiger partial charge in [0.05, 0.1) is 11.0 Å². The Hall–Kier alpha value is -1.37. The van der Waals surface area contributed by atoms with E-state index < -0.39 is 10.0 Å². The summed E-state index contributed by atoms with van der Waals surface area (Å²) < 4.78 is 33.1. The summed E-state index contributed by atoms with van der Waals surface area (Å²) in [5, 5.41) is 1.05. The van der Waals surface area contributed by atoms with Crippen molar-refractivity contribution in [2.24, 2.45) is 0 Å². The third-order valence-corrected chi connectivity index (χ3v) is 5.90. The Morgan fingerprint density at radius 3 is 2.83 bits per heavy atom. The smallest absolute Gasteiger partial charge is 0.240 e. The molecule has 1 aliphatic rings. The van der Waals surface area contributed by atoms with E-state index in [9.17, 15) is 8.42 Å². The molecule has 0 spiro atoms. The summed E-state index contributed by atoms with van der Waals surface area (Å²) >= 11 is 0. The molecule has 2 aromatic rings. The molecular weight excluding hydrogens is 324 g/mol. The summed E-state index contributed by atoms with van der Waals surface area (Å²) in [6.07, 6.45) is 5.29. The minimum Gasteiger partial charge on any atom is -0.379 e. The number of hydrogen-bond donors (Lipinski definition) is 2. The summed E-state index contributed by atoms with van der Waals surface area (Å²) in [4.78, 5) is 3.77. The van der Waals surface area contributed by atoms with Gasteiger partial charge in [-0.05, 0) is 69.7 Å². The Morgan fingerprint density at radius 1 is 1.25 bits per heavy atom. The van der Waals surface area contributed by atoms with Crippen LogP contribution in [0.4, 0.5) is 0 Å². The molecule has 0 unspecified atom stereocenters. The van der Waals surface area contributed by atoms with Crippen molar-refractivity contribution in [2.45, 2.75) is 57.0 Å². The number of H-pyrrole nitrogens is 1. The van der Waals surface area contributed by atoms with Crippen molar-refractivity contribution >= 4 is 20.9 Å². The topological polar surface area (TPSA) is 71.2 Å². The molecule has 0 bridgehead atoms. The highest BCUT2D eigenvalue weighted by Crippen LogP contribution is 2.30. The van der Waals surface area contributed by atoms with Gasteiger partial charge in [-0.3, -0.25) is 0 Å². The molecule has 0 aliphatic heterocycles. The SMILES string of the molecule is CC(C)OCCCNS(=O)(=O)c1ccc2[nH]c3c(c2c1)CCCC3. The molecule has 132 valence electrons. The van der Waals surface area contributed by atoms with E-state index >= 15 is 0 Å². The standard InChI is InChI=1S/C18H26N2O3S/c1-13(2)23-11-5-10-19-24(21,22)14-8-9-18-16(12-14)15-6-3-4-7-17(15)20-18/h8-9,12-13,19-20H,3-7,10-11H2,1-2H3.